The van der Waals surface area contributed by atoms with Crippen LogP contribution in [-0.2, 0) is 20.2 Å². The molecule has 0 spiro atoms. The molecule has 3 N–H and O–H groups in total. The van der Waals surface area contributed by atoms with Crippen molar-refractivity contribution in [1.82, 2.24) is 0 Å². The number of halogens is 1. The first-order valence-corrected chi connectivity index (χ1v) is 6.27. The molecule has 2 rings (SSSR count). The molecule has 0 atom stereocenters. The van der Waals surface area contributed by atoms with Gasteiger partial charge in [-0.05, 0) is 17.7 Å². The van der Waals surface area contributed by atoms with Crippen LogP contribution in [0.25, 0.3) is 0 Å². The highest BCUT2D eigenvalue weighted by atomic mass is 35.5. The summed E-state index contributed by atoms with van der Waals surface area (Å²) in [4.78, 5) is 0. The number of nitrogens with zero attached hydrogens (tertiary/aromatic N) is 1. The van der Waals surface area contributed by atoms with Crippen molar-refractivity contribution in [2.24, 2.45) is 12.8 Å². The van der Waals surface area contributed by atoms with Crippen molar-refractivity contribution in [1.29, 1.82) is 0 Å². The monoisotopic (exact) mass is 279 g/mol. The Hall–Kier alpha value is -1.78. The van der Waals surface area contributed by atoms with Crippen LogP contribution in [0.2, 0.25) is 5.02 Å². The summed E-state index contributed by atoms with van der Waals surface area (Å²) in [5.41, 5.74) is 7.33. The van der Waals surface area contributed by atoms with Crippen molar-refractivity contribution in [2.75, 3.05) is 0 Å². The van der Waals surface area contributed by atoms with Crippen LogP contribution in [0.1, 0.15) is 11.3 Å². The van der Waals surface area contributed by atoms with Crippen molar-refractivity contribution >= 4 is 11.6 Å². The quantitative estimate of drug-likeness (QED) is 0.841. The second-order valence-electron chi connectivity index (χ2n) is 4.25. The molecule has 0 bridgehead atoms. The number of hydrogen-bond acceptors (Lipinski definition) is 3. The van der Waals surface area contributed by atoms with Crippen LogP contribution in [0.4, 0.5) is 0 Å². The van der Waals surface area contributed by atoms with Crippen molar-refractivity contribution in [3.63, 3.8) is 0 Å². The van der Waals surface area contributed by atoms with E-state index in [9.17, 15) is 5.11 Å². The highest BCUT2D eigenvalue weighted by molar-refractivity contribution is 6.30. The van der Waals surface area contributed by atoms with Gasteiger partial charge in [0.25, 0.3) is 0 Å². The van der Waals surface area contributed by atoms with Gasteiger partial charge < -0.3 is 15.6 Å². The summed E-state index contributed by atoms with van der Waals surface area (Å²) in [7, 11) is 1.86. The standard InChI is InChI=1S/C14H15ClN2O2/c1-17-8-14(13(18)6-12(17)7-16)19-9-10-3-2-4-11(15)5-10/h2-6,8H,7,9,16H2,1H3/p+1. The molecule has 0 aliphatic heterocycles. The van der Waals surface area contributed by atoms with Crippen LogP contribution in [0, 0.1) is 0 Å². The molecule has 19 heavy (non-hydrogen) atoms. The summed E-state index contributed by atoms with van der Waals surface area (Å²) < 4.78 is 7.41. The third-order valence-electron chi connectivity index (χ3n) is 2.81. The van der Waals surface area contributed by atoms with Crippen LogP contribution < -0.4 is 15.0 Å². The molecule has 4 nitrogen and oxygen atoms in total. The summed E-state index contributed by atoms with van der Waals surface area (Å²) in [5.74, 6) is 0.500. The van der Waals surface area contributed by atoms with Crippen LogP contribution in [0.3, 0.4) is 0 Å². The van der Waals surface area contributed by atoms with Crippen LogP contribution in [0.15, 0.2) is 36.5 Å². The predicted octanol–water partition coefficient (Wildman–Crippen LogP) is 1.91. The minimum atomic E-state index is 0.0839. The first kappa shape index (κ1) is 13.6. The number of aromatic hydroxyl groups is 1. The summed E-state index contributed by atoms with van der Waals surface area (Å²) >= 11 is 5.90. The van der Waals surface area contributed by atoms with E-state index in [1.165, 1.54) is 0 Å². The van der Waals surface area contributed by atoms with E-state index in [-0.39, 0.29) is 5.75 Å². The fraction of sp³-hybridized carbons (Fsp3) is 0.214. The molecule has 0 amide bonds. The summed E-state index contributed by atoms with van der Waals surface area (Å²) in [5, 5.41) is 10.5. The van der Waals surface area contributed by atoms with Crippen LogP contribution in [0.5, 0.6) is 11.5 Å². The Kier molecular flexibility index (Phi) is 4.24. The summed E-state index contributed by atoms with van der Waals surface area (Å²) in [6.07, 6.45) is 1.71. The molecule has 1 heterocycles. The highest BCUT2D eigenvalue weighted by Crippen LogP contribution is 2.25. The second-order valence-corrected chi connectivity index (χ2v) is 4.68. The van der Waals surface area contributed by atoms with Gasteiger partial charge in [-0.1, -0.05) is 23.7 Å². The number of ether oxygens (including phenoxy) is 1. The lowest BCUT2D eigenvalue weighted by molar-refractivity contribution is -0.679. The lowest BCUT2D eigenvalue weighted by Gasteiger charge is -2.08. The fourth-order valence-electron chi connectivity index (χ4n) is 1.76. The zero-order valence-corrected chi connectivity index (χ0v) is 11.4. The van der Waals surface area contributed by atoms with Gasteiger partial charge in [-0.2, -0.15) is 0 Å². The number of hydrogen-bond donors (Lipinski definition) is 2. The molecule has 0 aliphatic carbocycles. The molecular formula is C14H16ClN2O2+. The van der Waals surface area contributed by atoms with Crippen LogP contribution >= 0.6 is 11.6 Å². The van der Waals surface area contributed by atoms with Gasteiger partial charge >= 0.3 is 0 Å². The van der Waals surface area contributed by atoms with Crippen LogP contribution in [-0.4, -0.2) is 5.11 Å². The molecule has 0 aliphatic rings. The smallest absolute Gasteiger partial charge is 0.226 e. The Morgan fingerprint density at radius 3 is 2.84 bits per heavy atom. The third kappa shape index (κ3) is 3.36. The average Bonchev–Trinajstić information content (AvgIpc) is 2.39. The average molecular weight is 280 g/mol. The Balaban J connectivity index is 2.13. The van der Waals surface area contributed by atoms with Gasteiger partial charge in [-0.3, -0.25) is 0 Å². The summed E-state index contributed by atoms with van der Waals surface area (Å²) in [6, 6.07) is 9.01. The van der Waals surface area contributed by atoms with E-state index < -0.39 is 0 Å². The lowest BCUT2D eigenvalue weighted by Crippen LogP contribution is -2.34. The zero-order chi connectivity index (χ0) is 13.8. The SMILES string of the molecule is C[n+]1cc(OCc2cccc(Cl)c2)c(O)cc1CN. The van der Waals surface area contributed by atoms with Gasteiger partial charge in [0.1, 0.15) is 13.7 Å². The highest BCUT2D eigenvalue weighted by Gasteiger charge is 2.13. The molecule has 0 saturated heterocycles. The summed E-state index contributed by atoms with van der Waals surface area (Å²) in [6.45, 7) is 0.703. The Morgan fingerprint density at radius 2 is 2.16 bits per heavy atom. The molecule has 0 unspecified atom stereocenters. The van der Waals surface area contributed by atoms with Gasteiger partial charge in [0.15, 0.2) is 11.4 Å². The zero-order valence-electron chi connectivity index (χ0n) is 10.6. The van der Waals surface area contributed by atoms with E-state index in [0.29, 0.717) is 23.9 Å². The Bertz CT molecular complexity index is 588. The Labute approximate surface area is 117 Å². The van der Waals surface area contributed by atoms with Crippen molar-refractivity contribution in [2.45, 2.75) is 13.2 Å². The molecule has 0 radical (unpaired) electrons. The van der Waals surface area contributed by atoms with Gasteiger partial charge in [-0.15, -0.1) is 0 Å². The number of nitrogens with two attached hydrogens (primary N) is 1. The number of aryl methyl sites for hydroxylation is 1. The van der Waals surface area contributed by atoms with Gasteiger partial charge in [-0.25, -0.2) is 4.57 Å². The van der Waals surface area contributed by atoms with Gasteiger partial charge in [0.2, 0.25) is 11.9 Å². The van der Waals surface area contributed by atoms with E-state index in [1.807, 2.05) is 29.8 Å². The molecule has 100 valence electrons. The van der Waals surface area contributed by atoms with E-state index in [4.69, 9.17) is 22.1 Å². The minimum absolute atomic E-state index is 0.0839. The molecule has 0 fully saturated rings. The predicted molar refractivity (Wildman–Crippen MR) is 73.0 cm³/mol. The normalized spacial score (nSPS) is 10.5. The molecular weight excluding hydrogens is 264 g/mol. The Morgan fingerprint density at radius 1 is 1.37 bits per heavy atom. The maximum Gasteiger partial charge on any atom is 0.226 e. The molecule has 5 heteroatoms. The van der Waals surface area contributed by atoms with E-state index >= 15 is 0 Å². The van der Waals surface area contributed by atoms with Crippen molar-refractivity contribution in [3.05, 3.63) is 52.8 Å². The van der Waals surface area contributed by atoms with Gasteiger partial charge in [0.05, 0.1) is 12.6 Å². The number of aromatic nitrogens is 1. The van der Waals surface area contributed by atoms with Gasteiger partial charge in [0, 0.05) is 5.02 Å². The third-order valence-corrected chi connectivity index (χ3v) is 3.05. The number of pyridine rings is 1. The second kappa shape index (κ2) is 5.91. The topological polar surface area (TPSA) is 59.4 Å². The number of rotatable bonds is 4. The molecule has 2 aromatic rings. The van der Waals surface area contributed by atoms with E-state index in [1.54, 1.807) is 18.3 Å². The van der Waals surface area contributed by atoms with E-state index in [0.717, 1.165) is 11.3 Å². The van der Waals surface area contributed by atoms with E-state index in [2.05, 4.69) is 0 Å². The van der Waals surface area contributed by atoms with Crippen molar-refractivity contribution in [3.8, 4) is 11.5 Å². The number of benzene rings is 1. The maximum atomic E-state index is 9.86. The minimum Gasteiger partial charge on any atom is -0.504 e. The molecule has 1 aromatic heterocycles. The first-order chi connectivity index (χ1) is 9.10. The largest absolute Gasteiger partial charge is 0.504 e. The first-order valence-electron chi connectivity index (χ1n) is 5.89. The lowest BCUT2D eigenvalue weighted by atomic mass is 10.2. The van der Waals surface area contributed by atoms with Crippen molar-refractivity contribution < 1.29 is 14.4 Å². The fourth-order valence-corrected chi connectivity index (χ4v) is 1.97. The molecule has 0 saturated carbocycles. The molecule has 1 aromatic carbocycles. The maximum absolute atomic E-state index is 9.86.